The van der Waals surface area contributed by atoms with Gasteiger partial charge in [0.2, 0.25) is 5.91 Å². The maximum atomic E-state index is 15.3. The zero-order valence-electron chi connectivity index (χ0n) is 30.4. The summed E-state index contributed by atoms with van der Waals surface area (Å²) in [7, 11) is 1.65. The summed E-state index contributed by atoms with van der Waals surface area (Å²) in [5.74, 6) is -0.615. The number of nitrogens with two attached hydrogens (primary N) is 1. The van der Waals surface area contributed by atoms with Crippen molar-refractivity contribution in [2.75, 3.05) is 30.0 Å². The Balaban J connectivity index is 1.46. The van der Waals surface area contributed by atoms with E-state index in [-0.39, 0.29) is 43.0 Å². The van der Waals surface area contributed by atoms with Crippen LogP contribution in [0.3, 0.4) is 0 Å². The molecule has 52 heavy (non-hydrogen) atoms. The lowest BCUT2D eigenvalue weighted by Crippen LogP contribution is -2.35. The monoisotopic (exact) mass is 707 g/mol. The van der Waals surface area contributed by atoms with Gasteiger partial charge in [0.25, 0.3) is 0 Å². The Morgan fingerprint density at radius 1 is 1.02 bits per heavy atom. The van der Waals surface area contributed by atoms with Crippen LogP contribution in [0.1, 0.15) is 67.5 Å². The number of anilines is 3. The number of nitrogens with one attached hydrogen (secondary N) is 2. The van der Waals surface area contributed by atoms with Crippen LogP contribution in [-0.2, 0) is 22.7 Å². The molecule has 5 aromatic rings. The smallest absolute Gasteiger partial charge is 0.413 e. The van der Waals surface area contributed by atoms with Crippen molar-refractivity contribution in [3.63, 3.8) is 0 Å². The van der Waals surface area contributed by atoms with Crippen molar-refractivity contribution < 1.29 is 28.6 Å². The summed E-state index contributed by atoms with van der Waals surface area (Å²) in [5, 5.41) is 17.4. The van der Waals surface area contributed by atoms with Crippen LogP contribution in [0.5, 0.6) is 5.75 Å². The minimum atomic E-state index is -0.861. The number of aliphatic hydroxyl groups excluding tert-OH is 1. The van der Waals surface area contributed by atoms with Gasteiger partial charge in [-0.15, -0.1) is 0 Å². The van der Waals surface area contributed by atoms with Crippen molar-refractivity contribution in [2.45, 2.75) is 65.3 Å². The van der Waals surface area contributed by atoms with Crippen molar-refractivity contribution in [3.8, 4) is 5.75 Å². The van der Waals surface area contributed by atoms with Gasteiger partial charge in [0.05, 0.1) is 0 Å². The molecule has 11 heteroatoms. The first-order chi connectivity index (χ1) is 24.7. The first-order valence-corrected chi connectivity index (χ1v) is 17.1. The first-order valence-electron chi connectivity index (χ1n) is 17.1. The van der Waals surface area contributed by atoms with Gasteiger partial charge in [-0.05, 0) is 85.7 Å². The van der Waals surface area contributed by atoms with E-state index in [1.54, 1.807) is 40.1 Å². The number of rotatable bonds is 12. The third-order valence-corrected chi connectivity index (χ3v) is 8.53. The summed E-state index contributed by atoms with van der Waals surface area (Å²) in [6.45, 7) is 9.39. The number of nitrogen functional groups attached to an aromatic ring is 1. The number of aliphatic hydroxyl groups is 1. The third-order valence-electron chi connectivity index (χ3n) is 8.53. The number of benzene rings is 4. The molecule has 5 rings (SSSR count). The third kappa shape index (κ3) is 9.35. The van der Waals surface area contributed by atoms with Gasteiger partial charge in [0.1, 0.15) is 24.1 Å². The minimum absolute atomic E-state index is 0.00824. The summed E-state index contributed by atoms with van der Waals surface area (Å²) in [6.07, 6.45) is 0.966. The Bertz CT molecular complexity index is 2050. The van der Waals surface area contributed by atoms with E-state index in [0.717, 1.165) is 22.1 Å². The van der Waals surface area contributed by atoms with Gasteiger partial charge in [-0.25, -0.2) is 14.2 Å². The van der Waals surface area contributed by atoms with Crippen molar-refractivity contribution in [3.05, 3.63) is 125 Å². The van der Waals surface area contributed by atoms with Crippen LogP contribution in [0.15, 0.2) is 91.1 Å². The number of carbonyl (C=O) groups excluding carboxylic acids is 2. The standard InChI is InChI=1S/C41H46FN5O5/c1-25-18-29(12-14-33(25)26(2)23-48)36(45-32-13-15-34-28(20-32)16-17-44-38(34)46-40(50)52-41(3,4)5)39(49)47(6)22-30-19-31(43)21-35(42)37(30)51-24-27-10-8-7-9-11-27/h7-21,26,36,45,48H,22-24,43H2,1-6H3,(H,44,46,50)/t26-,36?/m0/s1. The largest absolute Gasteiger partial charge is 0.485 e. The SMILES string of the molecule is Cc1cc(C(Nc2ccc3c(NC(=O)OC(C)(C)C)nccc3c2)C(=O)N(C)Cc2cc(N)cc(F)c2OCc2ccccc2)ccc1[C@@H](C)CO. The van der Waals surface area contributed by atoms with E-state index in [4.69, 9.17) is 15.2 Å². The Kier molecular flexibility index (Phi) is 11.6. The molecule has 0 saturated heterocycles. The molecular formula is C41H46FN5O5. The van der Waals surface area contributed by atoms with Crippen molar-refractivity contribution in [1.29, 1.82) is 0 Å². The van der Waals surface area contributed by atoms with E-state index in [1.807, 2.05) is 86.6 Å². The molecule has 2 amide bonds. The van der Waals surface area contributed by atoms with Gasteiger partial charge in [0.15, 0.2) is 11.6 Å². The van der Waals surface area contributed by atoms with Gasteiger partial charge < -0.3 is 30.5 Å². The highest BCUT2D eigenvalue weighted by Crippen LogP contribution is 2.32. The van der Waals surface area contributed by atoms with Crippen LogP contribution in [0.2, 0.25) is 0 Å². The number of carbonyl (C=O) groups is 2. The first kappa shape index (κ1) is 37.6. The number of ether oxygens (including phenoxy) is 2. The van der Waals surface area contributed by atoms with Crippen LogP contribution < -0.4 is 21.1 Å². The van der Waals surface area contributed by atoms with Crippen molar-refractivity contribution in [1.82, 2.24) is 9.88 Å². The van der Waals surface area contributed by atoms with Crippen molar-refractivity contribution in [2.24, 2.45) is 0 Å². The molecule has 0 spiro atoms. The van der Waals surface area contributed by atoms with Crippen molar-refractivity contribution >= 4 is 40.0 Å². The normalized spacial score (nSPS) is 12.5. The number of aromatic nitrogens is 1. The predicted octanol–water partition coefficient (Wildman–Crippen LogP) is 8.10. The summed E-state index contributed by atoms with van der Waals surface area (Å²) in [5.41, 5.74) is 10.1. The zero-order valence-corrected chi connectivity index (χ0v) is 30.4. The molecule has 4 aromatic carbocycles. The molecule has 1 aromatic heterocycles. The zero-order chi connectivity index (χ0) is 37.6. The maximum Gasteiger partial charge on any atom is 0.413 e. The van der Waals surface area contributed by atoms with Gasteiger partial charge in [-0.2, -0.15) is 0 Å². The highest BCUT2D eigenvalue weighted by atomic mass is 19.1. The second kappa shape index (κ2) is 16.1. The number of nitrogens with zero attached hydrogens (tertiary/aromatic N) is 2. The van der Waals surface area contributed by atoms with Gasteiger partial charge >= 0.3 is 6.09 Å². The van der Waals surface area contributed by atoms with Gasteiger partial charge in [0, 0.05) is 60.7 Å². The average molecular weight is 708 g/mol. The summed E-state index contributed by atoms with van der Waals surface area (Å²) in [4.78, 5) is 32.8. The Labute approximate surface area is 303 Å². The fourth-order valence-electron chi connectivity index (χ4n) is 5.99. The second-order valence-electron chi connectivity index (χ2n) is 14.0. The number of hydrogen-bond acceptors (Lipinski definition) is 8. The Hall–Kier alpha value is -5.68. The summed E-state index contributed by atoms with van der Waals surface area (Å²) < 4.78 is 26.6. The van der Waals surface area contributed by atoms with Crippen LogP contribution in [0.25, 0.3) is 10.8 Å². The number of hydrogen-bond donors (Lipinski definition) is 4. The lowest BCUT2D eigenvalue weighted by Gasteiger charge is -2.27. The minimum Gasteiger partial charge on any atom is -0.485 e. The number of fused-ring (bicyclic) bond motifs is 1. The van der Waals surface area contributed by atoms with Crippen LogP contribution in [0, 0.1) is 12.7 Å². The molecule has 0 bridgehead atoms. The molecule has 272 valence electrons. The van der Waals surface area contributed by atoms with E-state index in [1.165, 1.54) is 11.0 Å². The molecule has 1 unspecified atom stereocenters. The molecule has 0 aliphatic rings. The molecule has 0 saturated carbocycles. The fourth-order valence-corrected chi connectivity index (χ4v) is 5.99. The molecule has 0 aliphatic heterocycles. The number of likely N-dealkylation sites (N-methyl/N-ethyl adjacent to an activating group) is 1. The van der Waals surface area contributed by atoms with E-state index in [9.17, 15) is 14.7 Å². The van der Waals surface area contributed by atoms with Crippen LogP contribution in [0.4, 0.5) is 26.4 Å². The second-order valence-corrected chi connectivity index (χ2v) is 14.0. The maximum absolute atomic E-state index is 15.3. The molecule has 0 fully saturated rings. The van der Waals surface area contributed by atoms with Gasteiger partial charge in [-0.3, -0.25) is 10.1 Å². The number of amides is 2. The van der Waals surface area contributed by atoms with E-state index >= 15 is 4.39 Å². The Morgan fingerprint density at radius 2 is 1.77 bits per heavy atom. The van der Waals surface area contributed by atoms with E-state index < -0.39 is 23.6 Å². The van der Waals surface area contributed by atoms with E-state index in [0.29, 0.717) is 28.0 Å². The topological polar surface area (TPSA) is 139 Å². The fraction of sp³-hybridized carbons (Fsp3) is 0.293. The molecule has 5 N–H and O–H groups in total. The Morgan fingerprint density at radius 3 is 2.46 bits per heavy atom. The molecule has 2 atom stereocenters. The number of pyridine rings is 1. The van der Waals surface area contributed by atoms with E-state index in [2.05, 4.69) is 15.6 Å². The van der Waals surface area contributed by atoms with Crippen LogP contribution >= 0.6 is 0 Å². The molecule has 0 aliphatic carbocycles. The predicted molar refractivity (Wildman–Crippen MR) is 203 cm³/mol. The quantitative estimate of drug-likeness (QED) is 0.0955. The highest BCUT2D eigenvalue weighted by Gasteiger charge is 2.27. The highest BCUT2D eigenvalue weighted by molar-refractivity contribution is 5.99. The summed E-state index contributed by atoms with van der Waals surface area (Å²) in [6, 6.07) is 24.4. The number of aryl methyl sites for hydroxylation is 1. The van der Waals surface area contributed by atoms with Gasteiger partial charge in [-0.1, -0.05) is 55.5 Å². The molecule has 0 radical (unpaired) electrons. The summed E-state index contributed by atoms with van der Waals surface area (Å²) >= 11 is 0. The molecule has 10 nitrogen and oxygen atoms in total. The lowest BCUT2D eigenvalue weighted by molar-refractivity contribution is -0.131. The molecule has 1 heterocycles. The van der Waals surface area contributed by atoms with Crippen LogP contribution in [-0.4, -0.2) is 46.2 Å². The lowest BCUT2D eigenvalue weighted by atomic mass is 9.93. The average Bonchev–Trinajstić information content (AvgIpc) is 3.09. The number of halogens is 1. The molecular weight excluding hydrogens is 661 g/mol.